The summed E-state index contributed by atoms with van der Waals surface area (Å²) in [5.74, 6) is 2.16. The van der Waals surface area contributed by atoms with Crippen LogP contribution in [0.3, 0.4) is 0 Å². The second-order valence-corrected chi connectivity index (χ2v) is 7.61. The zero-order valence-corrected chi connectivity index (χ0v) is 17.4. The first kappa shape index (κ1) is 20.7. The van der Waals surface area contributed by atoms with E-state index in [1.807, 2.05) is 47.0 Å². The number of likely N-dealkylation sites (N-methyl/N-ethyl adjacent to an activating group) is 1. The summed E-state index contributed by atoms with van der Waals surface area (Å²) in [6.07, 6.45) is 1.91. The van der Waals surface area contributed by atoms with E-state index in [4.69, 9.17) is 0 Å². The molecule has 0 aliphatic rings. The Labute approximate surface area is 174 Å². The normalized spacial score (nSPS) is 11.4. The molecule has 0 spiro atoms. The lowest BCUT2D eigenvalue weighted by Crippen LogP contribution is -2.43. The number of hydrogen-bond donors (Lipinski definition) is 2. The molecule has 0 unspecified atom stereocenters. The van der Waals surface area contributed by atoms with Crippen molar-refractivity contribution in [2.45, 2.75) is 11.4 Å². The van der Waals surface area contributed by atoms with Gasteiger partial charge in [0.25, 0.3) is 0 Å². The molecule has 0 bridgehead atoms. The van der Waals surface area contributed by atoms with Gasteiger partial charge in [0.05, 0.1) is 6.54 Å². The Bertz CT molecular complexity index is 956. The molecule has 9 heteroatoms. The molecule has 0 radical (unpaired) electrons. The zero-order valence-electron chi connectivity index (χ0n) is 16.6. The van der Waals surface area contributed by atoms with E-state index >= 15 is 0 Å². The van der Waals surface area contributed by atoms with Gasteiger partial charge in [-0.3, -0.25) is 9.20 Å². The number of rotatable bonds is 8. The summed E-state index contributed by atoms with van der Waals surface area (Å²) in [5.41, 5.74) is 0.780. The summed E-state index contributed by atoms with van der Waals surface area (Å²) in [6.45, 7) is 1.23. The van der Waals surface area contributed by atoms with Crippen LogP contribution >= 0.6 is 11.8 Å². The van der Waals surface area contributed by atoms with Gasteiger partial charge >= 0.3 is 0 Å². The van der Waals surface area contributed by atoms with Crippen LogP contribution in [0.2, 0.25) is 0 Å². The fraction of sp³-hybridized carbons (Fsp3) is 0.300. The van der Waals surface area contributed by atoms with E-state index in [0.717, 1.165) is 17.2 Å². The first-order valence-electron chi connectivity index (χ1n) is 9.32. The lowest BCUT2D eigenvalue weighted by atomic mass is 10.4. The van der Waals surface area contributed by atoms with Gasteiger partial charge in [-0.15, -0.1) is 22.0 Å². The van der Waals surface area contributed by atoms with Gasteiger partial charge in [-0.25, -0.2) is 4.99 Å². The molecule has 1 aromatic carbocycles. The molecule has 3 aromatic rings. The van der Waals surface area contributed by atoms with Crippen molar-refractivity contribution in [1.29, 1.82) is 0 Å². The smallest absolute Gasteiger partial charge is 0.241 e. The number of fused-ring (bicyclic) bond motifs is 1. The summed E-state index contributed by atoms with van der Waals surface area (Å²) in [4.78, 5) is 19.3. The fourth-order valence-electron chi connectivity index (χ4n) is 2.50. The number of amides is 1. The highest BCUT2D eigenvalue weighted by atomic mass is 32.2. The Hall–Kier alpha value is -3.07. The van der Waals surface area contributed by atoms with E-state index in [-0.39, 0.29) is 12.5 Å². The van der Waals surface area contributed by atoms with Gasteiger partial charge in [-0.1, -0.05) is 24.3 Å². The summed E-state index contributed by atoms with van der Waals surface area (Å²) in [7, 11) is 3.46. The molecule has 1 amide bonds. The molecule has 0 saturated carbocycles. The number of guanidine groups is 1. The molecular weight excluding hydrogens is 386 g/mol. The summed E-state index contributed by atoms with van der Waals surface area (Å²) in [6, 6.07) is 16.0. The van der Waals surface area contributed by atoms with Crippen molar-refractivity contribution in [3.63, 3.8) is 0 Å². The molecule has 2 heterocycles. The highest BCUT2D eigenvalue weighted by Crippen LogP contribution is 2.15. The summed E-state index contributed by atoms with van der Waals surface area (Å²) < 4.78 is 1.90. The van der Waals surface area contributed by atoms with Crippen molar-refractivity contribution in [3.8, 4) is 0 Å². The average molecular weight is 412 g/mol. The van der Waals surface area contributed by atoms with Crippen molar-refractivity contribution in [2.75, 3.05) is 32.9 Å². The van der Waals surface area contributed by atoms with Crippen LogP contribution in [0.15, 0.2) is 64.6 Å². The quantitative estimate of drug-likeness (QED) is 0.254. The monoisotopic (exact) mass is 411 g/mol. The SMILES string of the molecule is CN(C)C(=O)CNC(=NCc1nnc2ccccn12)NCCSc1ccccc1. The van der Waals surface area contributed by atoms with E-state index in [1.165, 1.54) is 4.90 Å². The molecule has 3 rings (SSSR count). The maximum atomic E-state index is 11.9. The molecule has 0 aliphatic carbocycles. The molecule has 0 atom stereocenters. The van der Waals surface area contributed by atoms with Gasteiger partial charge in [-0.05, 0) is 24.3 Å². The number of thioether (sulfide) groups is 1. The van der Waals surface area contributed by atoms with E-state index in [1.54, 1.807) is 30.8 Å². The van der Waals surface area contributed by atoms with Gasteiger partial charge < -0.3 is 15.5 Å². The molecular formula is C20H25N7OS. The molecule has 8 nitrogen and oxygen atoms in total. The Morgan fingerprint density at radius 3 is 2.69 bits per heavy atom. The number of hydrogen-bond acceptors (Lipinski definition) is 5. The van der Waals surface area contributed by atoms with Crippen LogP contribution in [0.25, 0.3) is 5.65 Å². The number of benzene rings is 1. The maximum absolute atomic E-state index is 11.9. The van der Waals surface area contributed by atoms with Crippen LogP contribution in [0.5, 0.6) is 0 Å². The zero-order chi connectivity index (χ0) is 20.5. The third-order valence-electron chi connectivity index (χ3n) is 4.08. The lowest BCUT2D eigenvalue weighted by molar-refractivity contribution is -0.127. The van der Waals surface area contributed by atoms with Gasteiger partial charge in [0.1, 0.15) is 6.54 Å². The largest absolute Gasteiger partial charge is 0.356 e. The first-order valence-corrected chi connectivity index (χ1v) is 10.3. The first-order chi connectivity index (χ1) is 14.1. The van der Waals surface area contributed by atoms with Crippen LogP contribution < -0.4 is 10.6 Å². The van der Waals surface area contributed by atoms with Crippen LogP contribution in [-0.2, 0) is 11.3 Å². The van der Waals surface area contributed by atoms with Crippen LogP contribution in [0, 0.1) is 0 Å². The number of carbonyl (C=O) groups excluding carboxylic acids is 1. The van der Waals surface area contributed by atoms with Gasteiger partial charge in [-0.2, -0.15) is 0 Å². The number of nitrogens with one attached hydrogen (secondary N) is 2. The molecule has 152 valence electrons. The number of aliphatic imine (C=N–C) groups is 1. The van der Waals surface area contributed by atoms with Crippen molar-refractivity contribution >= 4 is 29.3 Å². The highest BCUT2D eigenvalue weighted by molar-refractivity contribution is 7.99. The average Bonchev–Trinajstić information content (AvgIpc) is 3.16. The second kappa shape index (κ2) is 10.5. The van der Waals surface area contributed by atoms with E-state index < -0.39 is 0 Å². The lowest BCUT2D eigenvalue weighted by Gasteiger charge is -2.14. The fourth-order valence-corrected chi connectivity index (χ4v) is 3.28. The number of aromatic nitrogens is 3. The van der Waals surface area contributed by atoms with Gasteiger partial charge in [0, 0.05) is 37.5 Å². The predicted octanol–water partition coefficient (Wildman–Crippen LogP) is 1.65. The second-order valence-electron chi connectivity index (χ2n) is 6.44. The minimum absolute atomic E-state index is 0.0221. The molecule has 0 fully saturated rings. The minimum Gasteiger partial charge on any atom is -0.356 e. The van der Waals surface area contributed by atoms with E-state index in [0.29, 0.717) is 19.0 Å². The molecule has 2 aromatic heterocycles. The third-order valence-corrected chi connectivity index (χ3v) is 5.09. The predicted molar refractivity (Wildman–Crippen MR) is 116 cm³/mol. The van der Waals surface area contributed by atoms with E-state index in [2.05, 4.69) is 38.0 Å². The Kier molecular flexibility index (Phi) is 7.46. The Morgan fingerprint density at radius 1 is 1.10 bits per heavy atom. The summed E-state index contributed by atoms with van der Waals surface area (Å²) >= 11 is 1.76. The minimum atomic E-state index is -0.0221. The number of pyridine rings is 1. The summed E-state index contributed by atoms with van der Waals surface area (Å²) in [5, 5.41) is 14.7. The number of nitrogens with zero attached hydrogens (tertiary/aromatic N) is 5. The standard InChI is InChI=1S/C20H25N7OS/c1-26(2)19(28)15-23-20(21-11-13-29-16-8-4-3-5-9-16)22-14-18-25-24-17-10-6-7-12-27(17)18/h3-10,12H,11,13-15H2,1-2H3,(H2,21,22,23). The number of carbonyl (C=O) groups is 1. The topological polar surface area (TPSA) is 86.9 Å². The molecule has 2 N–H and O–H groups in total. The van der Waals surface area contributed by atoms with E-state index in [9.17, 15) is 4.79 Å². The van der Waals surface area contributed by atoms with Crippen molar-refractivity contribution in [3.05, 3.63) is 60.6 Å². The molecule has 29 heavy (non-hydrogen) atoms. The molecule has 0 saturated heterocycles. The third kappa shape index (κ3) is 6.21. The van der Waals surface area contributed by atoms with Crippen molar-refractivity contribution < 1.29 is 4.79 Å². The van der Waals surface area contributed by atoms with Gasteiger partial charge in [0.2, 0.25) is 5.91 Å². The Balaban J connectivity index is 1.60. The Morgan fingerprint density at radius 2 is 1.90 bits per heavy atom. The van der Waals surface area contributed by atoms with Gasteiger partial charge in [0.15, 0.2) is 17.4 Å². The van der Waals surface area contributed by atoms with Crippen molar-refractivity contribution in [2.24, 2.45) is 4.99 Å². The van der Waals surface area contributed by atoms with Crippen molar-refractivity contribution in [1.82, 2.24) is 30.1 Å². The van der Waals surface area contributed by atoms with Crippen LogP contribution in [-0.4, -0.2) is 64.3 Å². The van der Waals surface area contributed by atoms with Crippen LogP contribution in [0.4, 0.5) is 0 Å². The maximum Gasteiger partial charge on any atom is 0.241 e. The molecule has 0 aliphatic heterocycles. The highest BCUT2D eigenvalue weighted by Gasteiger charge is 2.08. The van der Waals surface area contributed by atoms with Crippen LogP contribution in [0.1, 0.15) is 5.82 Å².